The lowest BCUT2D eigenvalue weighted by Gasteiger charge is -2.03. The average molecular weight is 276 g/mol. The molecule has 0 aliphatic heterocycles. The molecule has 0 bridgehead atoms. The van der Waals surface area contributed by atoms with Crippen molar-refractivity contribution in [2.24, 2.45) is 5.16 Å². The monoisotopic (exact) mass is 276 g/mol. The second-order valence-electron chi connectivity index (χ2n) is 3.91. The molecule has 0 aliphatic carbocycles. The predicted octanol–water partition coefficient (Wildman–Crippen LogP) is 3.40. The quantitative estimate of drug-likeness (QED) is 0.619. The van der Waals surface area contributed by atoms with Crippen LogP contribution in [0.5, 0.6) is 5.75 Å². The molecule has 2 aromatic carbocycles. The fraction of sp³-hybridized carbons (Fsp3) is 0.133. The van der Waals surface area contributed by atoms with Crippen molar-refractivity contribution >= 4 is 6.21 Å². The third kappa shape index (κ3) is 3.54. The van der Waals surface area contributed by atoms with Crippen LogP contribution in [-0.4, -0.2) is 13.3 Å². The van der Waals surface area contributed by atoms with Gasteiger partial charge in [0.1, 0.15) is 30.2 Å². The Bertz CT molecular complexity index is 594. The highest BCUT2D eigenvalue weighted by Crippen LogP contribution is 2.13. The van der Waals surface area contributed by atoms with Gasteiger partial charge in [-0.25, -0.2) is 8.78 Å². The minimum Gasteiger partial charge on any atom is -0.497 e. The Morgan fingerprint density at radius 2 is 1.80 bits per heavy atom. The van der Waals surface area contributed by atoms with Gasteiger partial charge >= 0.3 is 0 Å². The molecule has 0 aliphatic rings. The summed E-state index contributed by atoms with van der Waals surface area (Å²) in [7, 11) is 1.55. The number of halogens is 2. The van der Waals surface area contributed by atoms with Crippen LogP contribution in [0, 0.1) is 11.6 Å². The van der Waals surface area contributed by atoms with Crippen LogP contribution in [0.25, 0.3) is 0 Å². The molecule has 0 unspecified atom stereocenters. The van der Waals surface area contributed by atoms with Crippen LogP contribution in [0.1, 0.15) is 11.1 Å². The number of benzene rings is 2. The van der Waals surface area contributed by atoms with Crippen LogP contribution in [0.4, 0.5) is 8.78 Å². The molecule has 1 radical (unpaired) electrons. The van der Waals surface area contributed by atoms with E-state index in [1.54, 1.807) is 31.4 Å². The maximum Gasteiger partial charge on any atom is 0.148 e. The number of nitrogens with zero attached hydrogens (tertiary/aromatic N) is 1. The topological polar surface area (TPSA) is 30.8 Å². The van der Waals surface area contributed by atoms with Crippen LogP contribution in [-0.2, 0) is 11.4 Å². The molecule has 0 fully saturated rings. The molecule has 103 valence electrons. The molecule has 0 heterocycles. The summed E-state index contributed by atoms with van der Waals surface area (Å²) in [6.07, 6.45) is 2.61. The van der Waals surface area contributed by atoms with Gasteiger partial charge in [0.25, 0.3) is 0 Å². The molecule has 0 spiro atoms. The van der Waals surface area contributed by atoms with Gasteiger partial charge in [-0.3, -0.25) is 0 Å². The lowest BCUT2D eigenvalue weighted by Crippen LogP contribution is -1.96. The molecule has 20 heavy (non-hydrogen) atoms. The van der Waals surface area contributed by atoms with Crippen molar-refractivity contribution in [2.45, 2.75) is 6.61 Å². The van der Waals surface area contributed by atoms with E-state index in [-0.39, 0.29) is 12.2 Å². The second-order valence-corrected chi connectivity index (χ2v) is 3.91. The van der Waals surface area contributed by atoms with Crippen LogP contribution in [0.2, 0.25) is 0 Å². The zero-order chi connectivity index (χ0) is 14.4. The van der Waals surface area contributed by atoms with E-state index in [0.717, 1.165) is 12.1 Å². The summed E-state index contributed by atoms with van der Waals surface area (Å²) in [5.74, 6) is -0.673. The molecule has 0 atom stereocenters. The van der Waals surface area contributed by atoms with E-state index in [9.17, 15) is 8.78 Å². The van der Waals surface area contributed by atoms with Crippen molar-refractivity contribution in [2.75, 3.05) is 7.11 Å². The van der Waals surface area contributed by atoms with E-state index >= 15 is 0 Å². The van der Waals surface area contributed by atoms with E-state index in [2.05, 4.69) is 11.4 Å². The number of rotatable bonds is 5. The molecule has 0 N–H and O–H groups in total. The van der Waals surface area contributed by atoms with Gasteiger partial charge in [0.15, 0.2) is 0 Å². The summed E-state index contributed by atoms with van der Waals surface area (Å²) in [5.41, 5.74) is 0.474. The molecule has 3 nitrogen and oxygen atoms in total. The Kier molecular flexibility index (Phi) is 4.65. The predicted molar refractivity (Wildman–Crippen MR) is 70.7 cm³/mol. The van der Waals surface area contributed by atoms with E-state index in [1.165, 1.54) is 6.07 Å². The highest BCUT2D eigenvalue weighted by Gasteiger charge is 2.08. The minimum atomic E-state index is -0.665. The van der Waals surface area contributed by atoms with Crippen molar-refractivity contribution in [1.29, 1.82) is 0 Å². The van der Waals surface area contributed by atoms with Crippen molar-refractivity contribution in [1.82, 2.24) is 0 Å². The van der Waals surface area contributed by atoms with Crippen molar-refractivity contribution < 1.29 is 18.4 Å². The zero-order valence-corrected chi connectivity index (χ0v) is 10.8. The Balaban J connectivity index is 1.97. The lowest BCUT2D eigenvalue weighted by molar-refractivity contribution is 0.126. The number of methoxy groups -OCH3 is 1. The summed E-state index contributed by atoms with van der Waals surface area (Å²) >= 11 is 0. The second kappa shape index (κ2) is 6.65. The van der Waals surface area contributed by atoms with Crippen LogP contribution >= 0.6 is 0 Å². The standard InChI is InChI=1S/C15H12F2NO2/c1-19-12-5-2-4-11(8-12)9-18-20-10-13-14(16)6-3-7-15(13)17/h2-8H,10H2,1H3. The first-order chi connectivity index (χ1) is 9.70. The maximum atomic E-state index is 13.3. The van der Waals surface area contributed by atoms with Gasteiger partial charge < -0.3 is 9.57 Å². The van der Waals surface area contributed by atoms with Crippen LogP contribution < -0.4 is 4.74 Å². The van der Waals surface area contributed by atoms with Gasteiger partial charge in [0.05, 0.1) is 12.7 Å². The molecular formula is C15H12F2NO2. The van der Waals surface area contributed by atoms with Gasteiger partial charge in [-0.2, -0.15) is 0 Å². The minimum absolute atomic E-state index is 0.163. The van der Waals surface area contributed by atoms with Gasteiger partial charge in [-0.1, -0.05) is 23.4 Å². The first-order valence-corrected chi connectivity index (χ1v) is 5.85. The van der Waals surface area contributed by atoms with E-state index in [1.807, 2.05) is 0 Å². The normalized spacial score (nSPS) is 10.8. The maximum absolute atomic E-state index is 13.3. The fourth-order valence-electron chi connectivity index (χ4n) is 1.54. The molecule has 5 heteroatoms. The highest BCUT2D eigenvalue weighted by molar-refractivity contribution is 5.79. The number of hydrogen-bond donors (Lipinski definition) is 0. The van der Waals surface area contributed by atoms with Crippen molar-refractivity contribution in [3.63, 3.8) is 0 Å². The van der Waals surface area contributed by atoms with Gasteiger partial charge in [-0.05, 0) is 24.3 Å². The highest BCUT2D eigenvalue weighted by atomic mass is 19.1. The Labute approximate surface area is 115 Å². The van der Waals surface area contributed by atoms with E-state index in [0.29, 0.717) is 11.3 Å². The van der Waals surface area contributed by atoms with E-state index < -0.39 is 11.6 Å². The first-order valence-electron chi connectivity index (χ1n) is 5.85. The summed E-state index contributed by atoms with van der Waals surface area (Å²) in [6, 6.07) is 10.6. The Hall–Kier alpha value is -2.43. The van der Waals surface area contributed by atoms with Gasteiger partial charge in [-0.15, -0.1) is 0 Å². The molecule has 0 amide bonds. The van der Waals surface area contributed by atoms with Crippen LogP contribution in [0.15, 0.2) is 47.6 Å². The SMILES string of the molecule is COc1cccc(/[C]=N\OCc2c(F)cccc2F)c1. The molecule has 0 aromatic heterocycles. The zero-order valence-electron chi connectivity index (χ0n) is 10.8. The Morgan fingerprint density at radius 3 is 2.50 bits per heavy atom. The number of hydrogen-bond acceptors (Lipinski definition) is 3. The average Bonchev–Trinajstić information content (AvgIpc) is 2.46. The van der Waals surface area contributed by atoms with Crippen molar-refractivity contribution in [3.8, 4) is 5.75 Å². The van der Waals surface area contributed by atoms with Crippen LogP contribution in [0.3, 0.4) is 0 Å². The first kappa shape index (κ1) is 14.0. The largest absolute Gasteiger partial charge is 0.497 e. The van der Waals surface area contributed by atoms with E-state index in [4.69, 9.17) is 9.57 Å². The molecular weight excluding hydrogens is 264 g/mol. The van der Waals surface area contributed by atoms with Gasteiger partial charge in [0.2, 0.25) is 0 Å². The third-order valence-corrected chi connectivity index (χ3v) is 2.58. The fourth-order valence-corrected chi connectivity index (χ4v) is 1.54. The summed E-state index contributed by atoms with van der Waals surface area (Å²) < 4.78 is 31.6. The third-order valence-electron chi connectivity index (χ3n) is 2.58. The van der Waals surface area contributed by atoms with Crippen molar-refractivity contribution in [3.05, 3.63) is 65.2 Å². The van der Waals surface area contributed by atoms with Gasteiger partial charge in [0, 0.05) is 5.56 Å². The Morgan fingerprint density at radius 1 is 1.10 bits per heavy atom. The molecule has 2 aromatic rings. The number of ether oxygens (including phenoxy) is 1. The molecule has 2 rings (SSSR count). The summed E-state index contributed by atoms with van der Waals surface area (Å²) in [4.78, 5) is 4.85. The molecule has 0 saturated carbocycles. The summed E-state index contributed by atoms with van der Waals surface area (Å²) in [5, 5.41) is 3.56. The molecule has 0 saturated heterocycles. The smallest absolute Gasteiger partial charge is 0.148 e. The lowest BCUT2D eigenvalue weighted by atomic mass is 10.2. The summed E-state index contributed by atoms with van der Waals surface area (Å²) in [6.45, 7) is -0.296.